The maximum Gasteiger partial charge on any atom is 0.271 e. The van der Waals surface area contributed by atoms with Crippen molar-refractivity contribution in [1.29, 1.82) is 0 Å². The van der Waals surface area contributed by atoms with Gasteiger partial charge in [-0.15, -0.1) is 0 Å². The van der Waals surface area contributed by atoms with Crippen molar-refractivity contribution in [2.75, 3.05) is 14.2 Å². The second-order valence-corrected chi connectivity index (χ2v) is 4.66. The van der Waals surface area contributed by atoms with Gasteiger partial charge in [0.15, 0.2) is 0 Å². The molecule has 0 aromatic heterocycles. The van der Waals surface area contributed by atoms with Crippen LogP contribution in [0.3, 0.4) is 0 Å². The third kappa shape index (κ3) is 3.85. The van der Waals surface area contributed by atoms with Gasteiger partial charge in [0.05, 0.1) is 20.4 Å². The van der Waals surface area contributed by atoms with Crippen molar-refractivity contribution in [2.24, 2.45) is 5.10 Å². The first-order valence-corrected chi connectivity index (χ1v) is 6.76. The van der Waals surface area contributed by atoms with Crippen LogP contribution in [0.25, 0.3) is 0 Å². The molecule has 0 fully saturated rings. The van der Waals surface area contributed by atoms with Crippen LogP contribution in [0.4, 0.5) is 0 Å². The zero-order valence-electron chi connectivity index (χ0n) is 12.8. The van der Waals surface area contributed by atoms with Gasteiger partial charge in [0.2, 0.25) is 0 Å². The van der Waals surface area contributed by atoms with Crippen molar-refractivity contribution in [3.05, 3.63) is 59.2 Å². The fourth-order valence-electron chi connectivity index (χ4n) is 1.90. The molecule has 0 saturated carbocycles. The smallest absolute Gasteiger partial charge is 0.271 e. The summed E-state index contributed by atoms with van der Waals surface area (Å²) in [6.07, 6.45) is 1.62. The molecule has 0 aliphatic carbocycles. The van der Waals surface area contributed by atoms with Crippen LogP contribution in [0.1, 0.15) is 21.5 Å². The molecule has 0 spiro atoms. The van der Waals surface area contributed by atoms with E-state index in [4.69, 9.17) is 9.47 Å². The summed E-state index contributed by atoms with van der Waals surface area (Å²) in [6.45, 7) is 1.98. The highest BCUT2D eigenvalue weighted by Gasteiger charge is 2.09. The number of hydrogen-bond acceptors (Lipinski definition) is 4. The second-order valence-electron chi connectivity index (χ2n) is 4.66. The summed E-state index contributed by atoms with van der Waals surface area (Å²) >= 11 is 0. The van der Waals surface area contributed by atoms with Crippen molar-refractivity contribution >= 4 is 12.1 Å². The van der Waals surface area contributed by atoms with E-state index >= 15 is 0 Å². The lowest BCUT2D eigenvalue weighted by Crippen LogP contribution is -2.17. The standard InChI is InChI=1S/C17H18N2O3/c1-12-6-4-5-7-13(12)11-18-19-17(20)14-8-15(21-2)10-16(9-14)22-3/h4-11H,1-3H3,(H,19,20)/b18-11+. The summed E-state index contributed by atoms with van der Waals surface area (Å²) < 4.78 is 10.3. The Hall–Kier alpha value is -2.82. The number of hydrazone groups is 1. The van der Waals surface area contributed by atoms with Gasteiger partial charge in [0.25, 0.3) is 5.91 Å². The Balaban J connectivity index is 2.11. The fourth-order valence-corrected chi connectivity index (χ4v) is 1.90. The van der Waals surface area contributed by atoms with Crippen molar-refractivity contribution in [3.63, 3.8) is 0 Å². The topological polar surface area (TPSA) is 59.9 Å². The molecule has 2 aromatic rings. The Bertz CT molecular complexity index is 674. The van der Waals surface area contributed by atoms with Crippen molar-refractivity contribution in [1.82, 2.24) is 5.43 Å². The lowest BCUT2D eigenvalue weighted by molar-refractivity contribution is 0.0954. The van der Waals surface area contributed by atoms with Gasteiger partial charge in [-0.1, -0.05) is 24.3 Å². The summed E-state index contributed by atoms with van der Waals surface area (Å²) in [5.41, 5.74) is 4.95. The third-order valence-electron chi connectivity index (χ3n) is 3.17. The molecule has 0 saturated heterocycles. The molecule has 0 radical (unpaired) electrons. The number of nitrogens with zero attached hydrogens (tertiary/aromatic N) is 1. The Labute approximate surface area is 129 Å². The van der Waals surface area contributed by atoms with Crippen LogP contribution in [0.5, 0.6) is 11.5 Å². The molecule has 5 nitrogen and oxygen atoms in total. The first-order chi connectivity index (χ1) is 10.6. The van der Waals surface area contributed by atoms with Crippen LogP contribution in [0.2, 0.25) is 0 Å². The highest BCUT2D eigenvalue weighted by atomic mass is 16.5. The van der Waals surface area contributed by atoms with Crippen molar-refractivity contribution in [3.8, 4) is 11.5 Å². The van der Waals surface area contributed by atoms with Gasteiger partial charge in [-0.3, -0.25) is 4.79 Å². The maximum atomic E-state index is 12.1. The zero-order chi connectivity index (χ0) is 15.9. The van der Waals surface area contributed by atoms with E-state index in [-0.39, 0.29) is 5.91 Å². The average molecular weight is 298 g/mol. The predicted octanol–water partition coefficient (Wildman–Crippen LogP) is 2.78. The third-order valence-corrected chi connectivity index (χ3v) is 3.17. The van der Waals surface area contributed by atoms with Gasteiger partial charge in [-0.25, -0.2) is 5.43 Å². The first-order valence-electron chi connectivity index (χ1n) is 6.76. The molecule has 0 aliphatic heterocycles. The summed E-state index contributed by atoms with van der Waals surface area (Å²) in [7, 11) is 3.07. The number of hydrogen-bond donors (Lipinski definition) is 1. The first kappa shape index (κ1) is 15.6. The van der Waals surface area contributed by atoms with Crippen molar-refractivity contribution < 1.29 is 14.3 Å². The summed E-state index contributed by atoms with van der Waals surface area (Å²) in [6, 6.07) is 12.7. The number of amides is 1. The number of nitrogens with one attached hydrogen (secondary N) is 1. The van der Waals surface area contributed by atoms with Gasteiger partial charge in [-0.2, -0.15) is 5.10 Å². The SMILES string of the molecule is COc1cc(OC)cc(C(=O)N/N=C/c2ccccc2C)c1. The minimum absolute atomic E-state index is 0.331. The number of carbonyl (C=O) groups excluding carboxylic acids is 1. The molecule has 22 heavy (non-hydrogen) atoms. The number of benzene rings is 2. The Kier molecular flexibility index (Phi) is 5.14. The zero-order valence-corrected chi connectivity index (χ0v) is 12.8. The monoisotopic (exact) mass is 298 g/mol. The van der Waals surface area contributed by atoms with Gasteiger partial charge < -0.3 is 9.47 Å². The molecule has 0 heterocycles. The summed E-state index contributed by atoms with van der Waals surface area (Å²) in [5, 5.41) is 3.98. The molecule has 5 heteroatoms. The summed E-state index contributed by atoms with van der Waals surface area (Å²) in [4.78, 5) is 12.1. The van der Waals surface area contributed by atoms with Crippen LogP contribution in [0, 0.1) is 6.92 Å². The lowest BCUT2D eigenvalue weighted by atomic mass is 10.1. The van der Waals surface area contributed by atoms with Crippen LogP contribution in [-0.4, -0.2) is 26.3 Å². The molecular weight excluding hydrogens is 280 g/mol. The highest BCUT2D eigenvalue weighted by molar-refractivity contribution is 5.95. The van der Waals surface area contributed by atoms with Gasteiger partial charge in [0.1, 0.15) is 11.5 Å². The Morgan fingerprint density at radius 2 is 1.73 bits per heavy atom. The van der Waals surface area contributed by atoms with Crippen LogP contribution >= 0.6 is 0 Å². The van der Waals surface area contributed by atoms with E-state index in [1.165, 1.54) is 14.2 Å². The Morgan fingerprint density at radius 3 is 2.32 bits per heavy atom. The molecule has 1 amide bonds. The lowest BCUT2D eigenvalue weighted by Gasteiger charge is -2.07. The number of rotatable bonds is 5. The molecule has 0 atom stereocenters. The van der Waals surface area contributed by atoms with E-state index < -0.39 is 0 Å². The van der Waals surface area contributed by atoms with Crippen LogP contribution in [0.15, 0.2) is 47.6 Å². The molecular formula is C17H18N2O3. The number of methoxy groups -OCH3 is 2. The van der Waals surface area contributed by atoms with E-state index in [1.807, 2.05) is 31.2 Å². The highest BCUT2D eigenvalue weighted by Crippen LogP contribution is 2.22. The molecule has 2 rings (SSSR count). The number of aryl methyl sites for hydroxylation is 1. The largest absolute Gasteiger partial charge is 0.497 e. The molecule has 0 aliphatic rings. The molecule has 0 bridgehead atoms. The van der Waals surface area contributed by atoms with Gasteiger partial charge in [0, 0.05) is 11.6 Å². The van der Waals surface area contributed by atoms with Crippen LogP contribution in [-0.2, 0) is 0 Å². The van der Waals surface area contributed by atoms with E-state index in [0.29, 0.717) is 17.1 Å². The molecule has 114 valence electrons. The normalized spacial score (nSPS) is 10.5. The minimum atomic E-state index is -0.331. The van der Waals surface area contributed by atoms with Gasteiger partial charge >= 0.3 is 0 Å². The summed E-state index contributed by atoms with van der Waals surface area (Å²) in [5.74, 6) is 0.766. The van der Waals surface area contributed by atoms with E-state index in [0.717, 1.165) is 11.1 Å². The number of carbonyl (C=O) groups is 1. The van der Waals surface area contributed by atoms with Crippen molar-refractivity contribution in [2.45, 2.75) is 6.92 Å². The van der Waals surface area contributed by atoms with Gasteiger partial charge in [-0.05, 0) is 30.2 Å². The quantitative estimate of drug-likeness (QED) is 0.682. The fraction of sp³-hybridized carbons (Fsp3) is 0.176. The Morgan fingerprint density at radius 1 is 1.09 bits per heavy atom. The molecule has 1 N–H and O–H groups in total. The average Bonchev–Trinajstić information content (AvgIpc) is 2.55. The van der Waals surface area contributed by atoms with Crippen LogP contribution < -0.4 is 14.9 Å². The predicted molar refractivity (Wildman–Crippen MR) is 85.8 cm³/mol. The van der Waals surface area contributed by atoms with E-state index in [1.54, 1.807) is 24.4 Å². The van der Waals surface area contributed by atoms with E-state index in [9.17, 15) is 4.79 Å². The second kappa shape index (κ2) is 7.26. The number of ether oxygens (including phenoxy) is 2. The maximum absolute atomic E-state index is 12.1. The molecule has 2 aromatic carbocycles. The van der Waals surface area contributed by atoms with E-state index in [2.05, 4.69) is 10.5 Å². The minimum Gasteiger partial charge on any atom is -0.497 e. The molecule has 0 unspecified atom stereocenters.